The van der Waals surface area contributed by atoms with Gasteiger partial charge in [-0.2, -0.15) is 0 Å². The molecule has 126 valence electrons. The van der Waals surface area contributed by atoms with E-state index in [1.165, 1.54) is 0 Å². The zero-order valence-corrected chi connectivity index (χ0v) is 14.0. The van der Waals surface area contributed by atoms with Crippen molar-refractivity contribution in [1.29, 1.82) is 0 Å². The lowest BCUT2D eigenvalue weighted by Crippen LogP contribution is -2.39. The smallest absolute Gasteiger partial charge is 0.130 e. The van der Waals surface area contributed by atoms with Gasteiger partial charge in [0.1, 0.15) is 11.7 Å². The maximum absolute atomic E-state index is 11.8. The minimum Gasteiger partial charge on any atom is -0.385 e. The number of aliphatic hydroxyl groups excluding tert-OH is 1. The first-order valence-electron chi connectivity index (χ1n) is 8.36. The van der Waals surface area contributed by atoms with Crippen LogP contribution in [-0.4, -0.2) is 10.2 Å². The number of rotatable bonds is 6. The summed E-state index contributed by atoms with van der Waals surface area (Å²) in [5, 5.41) is 23.0. The summed E-state index contributed by atoms with van der Waals surface area (Å²) in [5.74, 6) is -0.466. The zero-order valence-electron chi connectivity index (χ0n) is 14.0. The van der Waals surface area contributed by atoms with Crippen molar-refractivity contribution in [3.05, 3.63) is 120 Å². The molecule has 3 rings (SSSR count). The third-order valence-corrected chi connectivity index (χ3v) is 4.64. The highest BCUT2D eigenvalue weighted by Gasteiger charge is 2.44. The molecule has 0 fully saturated rings. The minimum absolute atomic E-state index is 0.466. The number of aliphatic hydroxyl groups is 2. The molecular formula is C23H22O2. The maximum atomic E-state index is 11.8. The van der Waals surface area contributed by atoms with Gasteiger partial charge >= 0.3 is 0 Å². The monoisotopic (exact) mass is 330 g/mol. The second-order valence-electron chi connectivity index (χ2n) is 6.13. The Labute approximate surface area is 148 Å². The van der Waals surface area contributed by atoms with Crippen molar-refractivity contribution in [2.45, 2.75) is 17.6 Å². The summed E-state index contributed by atoms with van der Waals surface area (Å²) in [6.45, 7) is 3.93. The van der Waals surface area contributed by atoms with Gasteiger partial charge in [0.2, 0.25) is 0 Å². The van der Waals surface area contributed by atoms with Gasteiger partial charge in [0.15, 0.2) is 0 Å². The van der Waals surface area contributed by atoms with Gasteiger partial charge in [0.05, 0.1) is 0 Å². The van der Waals surface area contributed by atoms with E-state index in [0.29, 0.717) is 11.1 Å². The standard InChI is InChI=1S/C23H22O2/c1-2-21(18-12-6-3-7-13-18)23(25,20-16-10-5-11-17-20)22(24)19-14-8-4-9-15-19/h2-17,21-22,24-25H,1H2/t21-,22-,23-/m1/s1. The summed E-state index contributed by atoms with van der Waals surface area (Å²) < 4.78 is 0. The van der Waals surface area contributed by atoms with Gasteiger partial charge < -0.3 is 10.2 Å². The van der Waals surface area contributed by atoms with Crippen LogP contribution in [0.25, 0.3) is 0 Å². The van der Waals surface area contributed by atoms with Crippen LogP contribution < -0.4 is 0 Å². The van der Waals surface area contributed by atoms with Crippen molar-refractivity contribution in [2.75, 3.05) is 0 Å². The van der Waals surface area contributed by atoms with E-state index < -0.39 is 17.6 Å². The number of benzene rings is 3. The second-order valence-corrected chi connectivity index (χ2v) is 6.13. The highest BCUT2D eigenvalue weighted by molar-refractivity contribution is 5.38. The van der Waals surface area contributed by atoms with Gasteiger partial charge in [0, 0.05) is 5.92 Å². The van der Waals surface area contributed by atoms with Gasteiger partial charge in [-0.05, 0) is 16.7 Å². The van der Waals surface area contributed by atoms with Crippen molar-refractivity contribution >= 4 is 0 Å². The highest BCUT2D eigenvalue weighted by atomic mass is 16.3. The van der Waals surface area contributed by atoms with Crippen LogP contribution in [0.3, 0.4) is 0 Å². The number of hydrogen-bond donors (Lipinski definition) is 2. The van der Waals surface area contributed by atoms with E-state index in [9.17, 15) is 10.2 Å². The van der Waals surface area contributed by atoms with E-state index in [1.807, 2.05) is 91.0 Å². The summed E-state index contributed by atoms with van der Waals surface area (Å²) in [7, 11) is 0. The van der Waals surface area contributed by atoms with Crippen LogP contribution in [0.4, 0.5) is 0 Å². The Morgan fingerprint density at radius 1 is 0.720 bits per heavy atom. The fourth-order valence-corrected chi connectivity index (χ4v) is 3.33. The van der Waals surface area contributed by atoms with Crippen molar-refractivity contribution < 1.29 is 10.2 Å². The summed E-state index contributed by atoms with van der Waals surface area (Å²) >= 11 is 0. The van der Waals surface area contributed by atoms with Crippen molar-refractivity contribution in [3.8, 4) is 0 Å². The molecule has 2 nitrogen and oxygen atoms in total. The molecule has 2 heteroatoms. The third kappa shape index (κ3) is 3.27. The summed E-state index contributed by atoms with van der Waals surface area (Å²) in [4.78, 5) is 0. The molecule has 0 saturated heterocycles. The predicted molar refractivity (Wildman–Crippen MR) is 101 cm³/mol. The minimum atomic E-state index is -1.54. The van der Waals surface area contributed by atoms with Crippen molar-refractivity contribution in [1.82, 2.24) is 0 Å². The molecule has 2 N–H and O–H groups in total. The topological polar surface area (TPSA) is 40.5 Å². The summed E-state index contributed by atoms with van der Waals surface area (Å²) in [6, 6.07) is 28.2. The third-order valence-electron chi connectivity index (χ3n) is 4.64. The van der Waals surface area contributed by atoms with Crippen LogP contribution in [0, 0.1) is 0 Å². The molecule has 0 aliphatic heterocycles. The average Bonchev–Trinajstić information content (AvgIpc) is 2.70. The van der Waals surface area contributed by atoms with E-state index >= 15 is 0 Å². The normalized spacial score (nSPS) is 15.8. The lowest BCUT2D eigenvalue weighted by molar-refractivity contribution is -0.0933. The molecule has 0 bridgehead atoms. The SMILES string of the molecule is C=C[C@H](c1ccccc1)[C@](O)(c1ccccc1)[C@H](O)c1ccccc1. The first-order chi connectivity index (χ1) is 12.2. The first-order valence-corrected chi connectivity index (χ1v) is 8.36. The van der Waals surface area contributed by atoms with Crippen LogP contribution in [-0.2, 0) is 5.60 Å². The molecular weight excluding hydrogens is 308 g/mol. The van der Waals surface area contributed by atoms with Gasteiger partial charge in [-0.15, -0.1) is 6.58 Å². The van der Waals surface area contributed by atoms with E-state index in [2.05, 4.69) is 6.58 Å². The van der Waals surface area contributed by atoms with E-state index in [1.54, 1.807) is 6.08 Å². The predicted octanol–water partition coefficient (Wildman–Crippen LogP) is 4.58. The van der Waals surface area contributed by atoms with E-state index in [4.69, 9.17) is 0 Å². The molecule has 0 radical (unpaired) electrons. The Morgan fingerprint density at radius 3 is 1.64 bits per heavy atom. The maximum Gasteiger partial charge on any atom is 0.130 e. The van der Waals surface area contributed by atoms with E-state index in [0.717, 1.165) is 5.56 Å². The summed E-state index contributed by atoms with van der Waals surface area (Å²) in [6.07, 6.45) is 0.605. The van der Waals surface area contributed by atoms with Crippen LogP contribution in [0.1, 0.15) is 28.7 Å². The lowest BCUT2D eigenvalue weighted by atomic mass is 9.72. The molecule has 0 aliphatic rings. The van der Waals surface area contributed by atoms with Crippen LogP contribution >= 0.6 is 0 Å². The zero-order chi connectivity index (χ0) is 17.7. The average molecular weight is 330 g/mol. The van der Waals surface area contributed by atoms with Gasteiger partial charge in [0.25, 0.3) is 0 Å². The molecule has 0 saturated carbocycles. The number of hydrogen-bond acceptors (Lipinski definition) is 2. The largest absolute Gasteiger partial charge is 0.385 e. The van der Waals surface area contributed by atoms with Crippen LogP contribution in [0.2, 0.25) is 0 Å². The lowest BCUT2D eigenvalue weighted by Gasteiger charge is -2.39. The van der Waals surface area contributed by atoms with E-state index in [-0.39, 0.29) is 0 Å². The Balaban J connectivity index is 2.17. The van der Waals surface area contributed by atoms with Gasteiger partial charge in [-0.25, -0.2) is 0 Å². The second kappa shape index (κ2) is 7.47. The molecule has 0 aliphatic carbocycles. The fourth-order valence-electron chi connectivity index (χ4n) is 3.33. The Hall–Kier alpha value is -2.68. The van der Waals surface area contributed by atoms with Crippen molar-refractivity contribution in [3.63, 3.8) is 0 Å². The molecule has 3 aromatic carbocycles. The van der Waals surface area contributed by atoms with Crippen LogP contribution in [0.15, 0.2) is 104 Å². The van der Waals surface area contributed by atoms with Gasteiger partial charge in [-0.3, -0.25) is 0 Å². The highest BCUT2D eigenvalue weighted by Crippen LogP contribution is 2.46. The molecule has 0 spiro atoms. The van der Waals surface area contributed by atoms with Crippen molar-refractivity contribution in [2.24, 2.45) is 0 Å². The molecule has 25 heavy (non-hydrogen) atoms. The summed E-state index contributed by atoms with van der Waals surface area (Å²) in [5.41, 5.74) is 0.682. The Kier molecular flexibility index (Phi) is 5.13. The first kappa shape index (κ1) is 17.2. The Morgan fingerprint density at radius 2 is 1.16 bits per heavy atom. The molecule has 3 atom stereocenters. The molecule has 0 amide bonds. The molecule has 0 aromatic heterocycles. The Bertz CT molecular complexity index is 799. The molecule has 0 heterocycles. The quantitative estimate of drug-likeness (QED) is 0.650. The van der Waals surface area contributed by atoms with Crippen LogP contribution in [0.5, 0.6) is 0 Å². The molecule has 3 aromatic rings. The van der Waals surface area contributed by atoms with Gasteiger partial charge in [-0.1, -0.05) is 97.1 Å². The molecule has 0 unspecified atom stereocenters. The fraction of sp³-hybridized carbons (Fsp3) is 0.130.